The van der Waals surface area contributed by atoms with Gasteiger partial charge in [0.2, 0.25) is 5.91 Å². The van der Waals surface area contributed by atoms with Gasteiger partial charge in [0.15, 0.2) is 5.17 Å². The summed E-state index contributed by atoms with van der Waals surface area (Å²) in [7, 11) is 0. The molecule has 0 bridgehead atoms. The van der Waals surface area contributed by atoms with E-state index in [2.05, 4.69) is 10.3 Å². The zero-order valence-corrected chi connectivity index (χ0v) is 11.5. The third-order valence-corrected chi connectivity index (χ3v) is 3.88. The summed E-state index contributed by atoms with van der Waals surface area (Å²) in [5.41, 5.74) is -0.571. The molecule has 0 radical (unpaired) electrons. The lowest BCUT2D eigenvalue weighted by molar-refractivity contribution is -0.137. The molecule has 0 aliphatic carbocycles. The maximum Gasteiger partial charge on any atom is 0.416 e. The summed E-state index contributed by atoms with van der Waals surface area (Å²) in [4.78, 5) is 15.7. The number of thioether (sulfide) groups is 1. The van der Waals surface area contributed by atoms with E-state index < -0.39 is 11.7 Å². The first-order valence-electron chi connectivity index (χ1n) is 6.13. The summed E-state index contributed by atoms with van der Waals surface area (Å²) >= 11 is 1.26. The summed E-state index contributed by atoms with van der Waals surface area (Å²) in [6, 6.07) is 4.73. The number of carbonyl (C=O) groups is 1. The number of alkyl halides is 3. The van der Waals surface area contributed by atoms with Gasteiger partial charge in [0.1, 0.15) is 0 Å². The highest BCUT2D eigenvalue weighted by Gasteiger charge is 2.31. The molecule has 1 aromatic carbocycles. The molecule has 1 amide bonds. The summed E-state index contributed by atoms with van der Waals surface area (Å²) < 4.78 is 37.7. The molecule has 1 N–H and O–H groups in total. The van der Waals surface area contributed by atoms with E-state index in [4.69, 9.17) is 0 Å². The molecule has 1 saturated heterocycles. The van der Waals surface area contributed by atoms with Crippen LogP contribution in [0.25, 0.3) is 0 Å². The van der Waals surface area contributed by atoms with Crippen LogP contribution < -0.4 is 5.32 Å². The summed E-state index contributed by atoms with van der Waals surface area (Å²) in [6.45, 7) is 1.97. The van der Waals surface area contributed by atoms with E-state index in [1.807, 2.05) is 6.92 Å². The standard InChI is InChI=1S/C13H13F3N2OS/c1-2-4-10-11(19)18-12(20-10)17-9-6-3-5-8(7-9)13(14,15)16/h3,5-7,10H,2,4H2,1H3,(H,17,18,19). The van der Waals surface area contributed by atoms with Crippen molar-refractivity contribution in [3.05, 3.63) is 29.8 Å². The molecule has 2 rings (SSSR count). The van der Waals surface area contributed by atoms with Gasteiger partial charge in [-0.1, -0.05) is 31.2 Å². The Bertz CT molecular complexity index is 543. The molecule has 0 saturated carbocycles. The van der Waals surface area contributed by atoms with Gasteiger partial charge < -0.3 is 5.32 Å². The Labute approximate surface area is 118 Å². The van der Waals surface area contributed by atoms with Gasteiger partial charge in [0.25, 0.3) is 0 Å². The predicted molar refractivity (Wildman–Crippen MR) is 73.0 cm³/mol. The van der Waals surface area contributed by atoms with E-state index in [1.165, 1.54) is 23.9 Å². The highest BCUT2D eigenvalue weighted by atomic mass is 32.2. The number of nitrogens with one attached hydrogen (secondary N) is 1. The molecule has 20 heavy (non-hydrogen) atoms. The molecule has 1 fully saturated rings. The van der Waals surface area contributed by atoms with Gasteiger partial charge in [0.05, 0.1) is 16.5 Å². The van der Waals surface area contributed by atoms with Crippen LogP contribution in [0.4, 0.5) is 18.9 Å². The Balaban J connectivity index is 2.18. The van der Waals surface area contributed by atoms with E-state index in [1.54, 1.807) is 0 Å². The second-order valence-electron chi connectivity index (χ2n) is 4.35. The molecule has 1 aromatic rings. The number of aliphatic imine (C=N–C) groups is 1. The van der Waals surface area contributed by atoms with Crippen LogP contribution in [0.3, 0.4) is 0 Å². The maximum absolute atomic E-state index is 12.6. The van der Waals surface area contributed by atoms with Crippen molar-refractivity contribution >= 4 is 28.5 Å². The van der Waals surface area contributed by atoms with E-state index in [-0.39, 0.29) is 16.8 Å². The Hall–Kier alpha value is -1.50. The zero-order chi connectivity index (χ0) is 14.8. The molecule has 7 heteroatoms. The third-order valence-electron chi connectivity index (χ3n) is 2.73. The molecule has 1 heterocycles. The smallest absolute Gasteiger partial charge is 0.304 e. The molecule has 1 aliphatic rings. The maximum atomic E-state index is 12.6. The number of benzene rings is 1. The number of amides is 1. The van der Waals surface area contributed by atoms with Crippen molar-refractivity contribution in [1.29, 1.82) is 0 Å². The molecule has 0 spiro atoms. The van der Waals surface area contributed by atoms with E-state index >= 15 is 0 Å². The van der Waals surface area contributed by atoms with Gasteiger partial charge >= 0.3 is 6.18 Å². The molecule has 108 valence electrons. The molecular formula is C13H13F3N2OS. The lowest BCUT2D eigenvalue weighted by atomic mass is 10.2. The van der Waals surface area contributed by atoms with Crippen LogP contribution in [0, 0.1) is 0 Å². The SMILES string of the molecule is CCCC1SC(=Nc2cccc(C(F)(F)F)c2)NC1=O. The number of rotatable bonds is 3. The topological polar surface area (TPSA) is 41.5 Å². The Morgan fingerprint density at radius 1 is 1.40 bits per heavy atom. The number of carbonyl (C=O) groups excluding carboxylic acids is 1. The minimum absolute atomic E-state index is 0.137. The lowest BCUT2D eigenvalue weighted by Gasteiger charge is -2.06. The predicted octanol–water partition coefficient (Wildman–Crippen LogP) is 3.72. The lowest BCUT2D eigenvalue weighted by Crippen LogP contribution is -2.24. The fourth-order valence-electron chi connectivity index (χ4n) is 1.78. The summed E-state index contributed by atoms with van der Waals surface area (Å²) in [5, 5.41) is 2.74. The van der Waals surface area contributed by atoms with E-state index in [0.29, 0.717) is 5.17 Å². The fourth-order valence-corrected chi connectivity index (χ4v) is 2.89. The average Bonchev–Trinajstić information content (AvgIpc) is 2.69. The van der Waals surface area contributed by atoms with Gasteiger partial charge in [-0.3, -0.25) is 4.79 Å². The number of hydrogen-bond donors (Lipinski definition) is 1. The Kier molecular flexibility index (Phi) is 4.37. The monoisotopic (exact) mass is 302 g/mol. The minimum Gasteiger partial charge on any atom is -0.304 e. The largest absolute Gasteiger partial charge is 0.416 e. The second kappa shape index (κ2) is 5.87. The van der Waals surface area contributed by atoms with Crippen LogP contribution in [-0.4, -0.2) is 16.3 Å². The molecule has 3 nitrogen and oxygen atoms in total. The highest BCUT2D eigenvalue weighted by molar-refractivity contribution is 8.15. The second-order valence-corrected chi connectivity index (χ2v) is 5.54. The van der Waals surface area contributed by atoms with Crippen molar-refractivity contribution in [3.8, 4) is 0 Å². The van der Waals surface area contributed by atoms with Crippen LogP contribution in [-0.2, 0) is 11.0 Å². The van der Waals surface area contributed by atoms with Crippen molar-refractivity contribution in [1.82, 2.24) is 5.32 Å². The van der Waals surface area contributed by atoms with Crippen molar-refractivity contribution in [2.75, 3.05) is 0 Å². The van der Waals surface area contributed by atoms with Crippen molar-refractivity contribution in [3.63, 3.8) is 0 Å². The van der Waals surface area contributed by atoms with Gasteiger partial charge in [-0.15, -0.1) is 0 Å². The molecule has 1 atom stereocenters. The number of nitrogens with zero attached hydrogens (tertiary/aromatic N) is 1. The van der Waals surface area contributed by atoms with Crippen LogP contribution in [0.5, 0.6) is 0 Å². The summed E-state index contributed by atoms with van der Waals surface area (Å²) in [6.07, 6.45) is -2.81. The Morgan fingerprint density at radius 2 is 2.15 bits per heavy atom. The molecule has 1 aliphatic heterocycles. The first-order chi connectivity index (χ1) is 9.40. The minimum atomic E-state index is -4.40. The van der Waals surface area contributed by atoms with Crippen LogP contribution >= 0.6 is 11.8 Å². The third kappa shape index (κ3) is 3.53. The van der Waals surface area contributed by atoms with Crippen molar-refractivity contribution < 1.29 is 18.0 Å². The van der Waals surface area contributed by atoms with Crippen LogP contribution in [0.1, 0.15) is 25.3 Å². The average molecular weight is 302 g/mol. The van der Waals surface area contributed by atoms with Crippen molar-refractivity contribution in [2.24, 2.45) is 4.99 Å². The first kappa shape index (κ1) is 14.9. The van der Waals surface area contributed by atoms with Gasteiger partial charge in [-0.05, 0) is 24.6 Å². The van der Waals surface area contributed by atoms with Crippen LogP contribution in [0.2, 0.25) is 0 Å². The van der Waals surface area contributed by atoms with Gasteiger partial charge in [0, 0.05) is 0 Å². The van der Waals surface area contributed by atoms with E-state index in [0.717, 1.165) is 25.0 Å². The normalized spacial score (nSPS) is 21.3. The highest BCUT2D eigenvalue weighted by Crippen LogP contribution is 2.32. The van der Waals surface area contributed by atoms with Gasteiger partial charge in [-0.25, -0.2) is 4.99 Å². The van der Waals surface area contributed by atoms with Crippen molar-refractivity contribution in [2.45, 2.75) is 31.2 Å². The quantitative estimate of drug-likeness (QED) is 0.924. The van der Waals surface area contributed by atoms with Crippen LogP contribution in [0.15, 0.2) is 29.3 Å². The molecule has 1 unspecified atom stereocenters. The number of amidine groups is 1. The number of halogens is 3. The fraction of sp³-hybridized carbons (Fsp3) is 0.385. The zero-order valence-electron chi connectivity index (χ0n) is 10.7. The van der Waals surface area contributed by atoms with Gasteiger partial charge in [-0.2, -0.15) is 13.2 Å². The number of hydrogen-bond acceptors (Lipinski definition) is 3. The van der Waals surface area contributed by atoms with E-state index in [9.17, 15) is 18.0 Å². The Morgan fingerprint density at radius 3 is 2.80 bits per heavy atom. The summed E-state index contributed by atoms with van der Waals surface area (Å²) in [5.74, 6) is -0.137. The molecular weight excluding hydrogens is 289 g/mol. The first-order valence-corrected chi connectivity index (χ1v) is 7.01. The molecule has 0 aromatic heterocycles.